The van der Waals surface area contributed by atoms with E-state index in [4.69, 9.17) is 15.2 Å². The van der Waals surface area contributed by atoms with Gasteiger partial charge in [0.05, 0.1) is 26.5 Å². The lowest BCUT2D eigenvalue weighted by Gasteiger charge is -2.43. The van der Waals surface area contributed by atoms with Gasteiger partial charge in [-0.15, -0.1) is 0 Å². The molecule has 0 aromatic carbocycles. The van der Waals surface area contributed by atoms with Crippen LogP contribution in [0, 0.1) is 0 Å². The SMILES string of the molecule is COc1cc(C2(N)CC(O)C2)c(OC)cn1. The highest BCUT2D eigenvalue weighted by Gasteiger charge is 2.43. The van der Waals surface area contributed by atoms with Crippen molar-refractivity contribution in [1.29, 1.82) is 0 Å². The number of hydrogen-bond acceptors (Lipinski definition) is 5. The maximum absolute atomic E-state index is 9.37. The molecule has 1 aromatic rings. The topological polar surface area (TPSA) is 77.6 Å². The Labute approximate surface area is 94.2 Å². The number of nitrogens with zero attached hydrogens (tertiary/aromatic N) is 1. The predicted molar refractivity (Wildman–Crippen MR) is 58.4 cm³/mol. The number of aromatic nitrogens is 1. The minimum atomic E-state index is -0.527. The average molecular weight is 224 g/mol. The maximum Gasteiger partial charge on any atom is 0.213 e. The molecule has 1 saturated carbocycles. The summed E-state index contributed by atoms with van der Waals surface area (Å²) in [5, 5.41) is 9.37. The van der Waals surface area contributed by atoms with Gasteiger partial charge in [-0.3, -0.25) is 0 Å². The van der Waals surface area contributed by atoms with Crippen LogP contribution in [0.25, 0.3) is 0 Å². The molecule has 0 atom stereocenters. The van der Waals surface area contributed by atoms with Crippen LogP contribution in [-0.2, 0) is 5.54 Å². The molecule has 2 rings (SSSR count). The number of aliphatic hydroxyl groups is 1. The highest BCUT2D eigenvalue weighted by Crippen LogP contribution is 2.43. The van der Waals surface area contributed by atoms with Crippen LogP contribution in [0.4, 0.5) is 0 Å². The predicted octanol–water partition coefficient (Wildman–Crippen LogP) is 0.407. The lowest BCUT2D eigenvalue weighted by Crippen LogP contribution is -2.51. The molecule has 0 aliphatic heterocycles. The summed E-state index contributed by atoms with van der Waals surface area (Å²) in [6.45, 7) is 0. The molecule has 88 valence electrons. The third-order valence-electron chi connectivity index (χ3n) is 3.01. The average Bonchev–Trinajstić information content (AvgIpc) is 2.26. The Morgan fingerprint density at radius 3 is 2.62 bits per heavy atom. The summed E-state index contributed by atoms with van der Waals surface area (Å²) >= 11 is 0. The van der Waals surface area contributed by atoms with Gasteiger partial charge in [-0.25, -0.2) is 4.98 Å². The Bertz CT molecular complexity index is 389. The smallest absolute Gasteiger partial charge is 0.213 e. The minimum absolute atomic E-state index is 0.325. The lowest BCUT2D eigenvalue weighted by molar-refractivity contribution is 0.0197. The van der Waals surface area contributed by atoms with Crippen LogP contribution in [-0.4, -0.2) is 30.4 Å². The Morgan fingerprint density at radius 1 is 1.44 bits per heavy atom. The van der Waals surface area contributed by atoms with E-state index in [-0.39, 0.29) is 6.10 Å². The fourth-order valence-electron chi connectivity index (χ4n) is 2.09. The van der Waals surface area contributed by atoms with E-state index in [1.807, 2.05) is 0 Å². The molecule has 1 aromatic heterocycles. The summed E-state index contributed by atoms with van der Waals surface area (Å²) in [5.74, 6) is 1.14. The summed E-state index contributed by atoms with van der Waals surface area (Å²) in [6.07, 6.45) is 2.34. The molecule has 0 bridgehead atoms. The Kier molecular flexibility index (Phi) is 2.73. The van der Waals surface area contributed by atoms with Gasteiger partial charge >= 0.3 is 0 Å². The molecular formula is C11H16N2O3. The van der Waals surface area contributed by atoms with Gasteiger partial charge in [-0.2, -0.15) is 0 Å². The maximum atomic E-state index is 9.37. The van der Waals surface area contributed by atoms with Gasteiger partial charge in [0.1, 0.15) is 5.75 Å². The first kappa shape index (κ1) is 11.2. The van der Waals surface area contributed by atoms with E-state index in [2.05, 4.69) is 4.98 Å². The van der Waals surface area contributed by atoms with Gasteiger partial charge in [0.2, 0.25) is 5.88 Å². The monoisotopic (exact) mass is 224 g/mol. The van der Waals surface area contributed by atoms with Crippen LogP contribution in [0.1, 0.15) is 18.4 Å². The summed E-state index contributed by atoms with van der Waals surface area (Å²) in [4.78, 5) is 4.05. The van der Waals surface area contributed by atoms with Crippen molar-refractivity contribution < 1.29 is 14.6 Å². The zero-order chi connectivity index (χ0) is 11.8. The molecule has 0 saturated heterocycles. The number of ether oxygens (including phenoxy) is 2. The van der Waals surface area contributed by atoms with Crippen molar-refractivity contribution in [1.82, 2.24) is 4.98 Å². The van der Waals surface area contributed by atoms with Crippen molar-refractivity contribution >= 4 is 0 Å². The molecule has 3 N–H and O–H groups in total. The molecule has 1 aliphatic rings. The van der Waals surface area contributed by atoms with E-state index in [9.17, 15) is 5.11 Å². The zero-order valence-corrected chi connectivity index (χ0v) is 9.43. The number of methoxy groups -OCH3 is 2. The molecule has 1 fully saturated rings. The van der Waals surface area contributed by atoms with Gasteiger partial charge in [0.25, 0.3) is 0 Å². The lowest BCUT2D eigenvalue weighted by atomic mass is 9.70. The first-order valence-electron chi connectivity index (χ1n) is 5.14. The van der Waals surface area contributed by atoms with Crippen LogP contribution in [0.3, 0.4) is 0 Å². The van der Waals surface area contributed by atoms with E-state index in [0.717, 1.165) is 5.56 Å². The van der Waals surface area contributed by atoms with Crippen molar-refractivity contribution in [3.63, 3.8) is 0 Å². The van der Waals surface area contributed by atoms with Crippen LogP contribution in [0.15, 0.2) is 12.3 Å². The van der Waals surface area contributed by atoms with E-state index in [1.54, 1.807) is 26.5 Å². The number of pyridine rings is 1. The van der Waals surface area contributed by atoms with Gasteiger partial charge in [-0.05, 0) is 12.8 Å². The Balaban J connectivity index is 2.37. The first-order valence-corrected chi connectivity index (χ1v) is 5.14. The van der Waals surface area contributed by atoms with Crippen molar-refractivity contribution in [3.8, 4) is 11.6 Å². The summed E-state index contributed by atoms with van der Waals surface area (Å²) in [6, 6.07) is 1.77. The molecule has 5 nitrogen and oxygen atoms in total. The summed E-state index contributed by atoms with van der Waals surface area (Å²) < 4.78 is 10.3. The van der Waals surface area contributed by atoms with Gasteiger partial charge in [-0.1, -0.05) is 0 Å². The quantitative estimate of drug-likeness (QED) is 0.777. The normalized spacial score (nSPS) is 28.4. The standard InChI is InChI=1S/C11H16N2O3/c1-15-9-6-13-10(16-2)3-8(9)11(12)4-7(14)5-11/h3,6-7,14H,4-5,12H2,1-2H3. The Hall–Kier alpha value is -1.33. The molecule has 0 amide bonds. The van der Waals surface area contributed by atoms with Gasteiger partial charge < -0.3 is 20.3 Å². The largest absolute Gasteiger partial charge is 0.495 e. The number of aliphatic hydroxyl groups excluding tert-OH is 1. The molecule has 0 radical (unpaired) electrons. The zero-order valence-electron chi connectivity index (χ0n) is 9.43. The fraction of sp³-hybridized carbons (Fsp3) is 0.545. The van der Waals surface area contributed by atoms with Crippen molar-refractivity contribution in [2.45, 2.75) is 24.5 Å². The highest BCUT2D eigenvalue weighted by atomic mass is 16.5. The molecule has 0 unspecified atom stereocenters. The second-order valence-electron chi connectivity index (χ2n) is 4.15. The first-order chi connectivity index (χ1) is 7.59. The van der Waals surface area contributed by atoms with Crippen molar-refractivity contribution in [2.75, 3.05) is 14.2 Å². The van der Waals surface area contributed by atoms with Crippen LogP contribution in [0.2, 0.25) is 0 Å². The van der Waals surface area contributed by atoms with Crippen molar-refractivity contribution in [2.24, 2.45) is 5.73 Å². The number of rotatable bonds is 3. The molecule has 1 aliphatic carbocycles. The second kappa shape index (κ2) is 3.92. The highest BCUT2D eigenvalue weighted by molar-refractivity contribution is 5.42. The van der Waals surface area contributed by atoms with E-state index >= 15 is 0 Å². The molecule has 1 heterocycles. The second-order valence-corrected chi connectivity index (χ2v) is 4.15. The van der Waals surface area contributed by atoms with Crippen LogP contribution >= 0.6 is 0 Å². The third kappa shape index (κ3) is 1.72. The Morgan fingerprint density at radius 2 is 2.12 bits per heavy atom. The molecule has 0 spiro atoms. The number of hydrogen-bond donors (Lipinski definition) is 2. The minimum Gasteiger partial charge on any atom is -0.495 e. The van der Waals surface area contributed by atoms with Crippen LogP contribution in [0.5, 0.6) is 11.6 Å². The fourth-order valence-corrected chi connectivity index (χ4v) is 2.09. The van der Waals surface area contributed by atoms with E-state index in [0.29, 0.717) is 24.5 Å². The van der Waals surface area contributed by atoms with Crippen molar-refractivity contribution in [3.05, 3.63) is 17.8 Å². The van der Waals surface area contributed by atoms with E-state index in [1.165, 1.54) is 0 Å². The van der Waals surface area contributed by atoms with Crippen LogP contribution < -0.4 is 15.2 Å². The number of nitrogens with two attached hydrogens (primary N) is 1. The molecule has 16 heavy (non-hydrogen) atoms. The third-order valence-corrected chi connectivity index (χ3v) is 3.01. The molecule has 5 heteroatoms. The summed E-state index contributed by atoms with van der Waals surface area (Å²) in [7, 11) is 3.13. The molecular weight excluding hydrogens is 208 g/mol. The summed E-state index contributed by atoms with van der Waals surface area (Å²) in [5.41, 5.74) is 6.50. The van der Waals surface area contributed by atoms with Gasteiger partial charge in [0.15, 0.2) is 0 Å². The van der Waals surface area contributed by atoms with Gasteiger partial charge in [0, 0.05) is 17.2 Å². The van der Waals surface area contributed by atoms with E-state index < -0.39 is 5.54 Å².